The van der Waals surface area contributed by atoms with Crippen LogP contribution in [0.4, 0.5) is 0 Å². The topological polar surface area (TPSA) is 47.3 Å². The largest absolute Gasteiger partial charge is 0.486 e. The van der Waals surface area contributed by atoms with E-state index in [1.165, 1.54) is 5.56 Å². The molecule has 0 amide bonds. The van der Waals surface area contributed by atoms with Crippen LogP contribution in [-0.4, -0.2) is 11.7 Å². The average molecular weight is 246 g/mol. The minimum absolute atomic E-state index is 0.408. The van der Waals surface area contributed by atoms with Gasteiger partial charge in [-0.05, 0) is 31.2 Å². The smallest absolute Gasteiger partial charge is 0.174 e. The Bertz CT molecular complexity index is 494. The van der Waals surface area contributed by atoms with Gasteiger partial charge in [0.15, 0.2) is 5.76 Å². The molecule has 2 rings (SSSR count). The fraction of sp³-hybridized carbons (Fsp3) is 0.357. The lowest BCUT2D eigenvalue weighted by Gasteiger charge is -2.06. The number of aromatic nitrogens is 1. The van der Waals surface area contributed by atoms with Crippen LogP contribution in [0.1, 0.15) is 23.9 Å². The highest BCUT2D eigenvalue weighted by atomic mass is 16.5. The molecule has 1 N–H and O–H groups in total. The van der Waals surface area contributed by atoms with Crippen molar-refractivity contribution in [3.05, 3.63) is 47.3 Å². The van der Waals surface area contributed by atoms with Gasteiger partial charge in [0.05, 0.1) is 5.69 Å². The highest BCUT2D eigenvalue weighted by Crippen LogP contribution is 2.15. The van der Waals surface area contributed by atoms with E-state index in [4.69, 9.17) is 9.26 Å². The summed E-state index contributed by atoms with van der Waals surface area (Å²) in [5, 5.41) is 7.11. The number of aryl methyl sites for hydroxylation is 1. The summed E-state index contributed by atoms with van der Waals surface area (Å²) in [7, 11) is 0. The zero-order valence-electron chi connectivity index (χ0n) is 10.8. The van der Waals surface area contributed by atoms with Gasteiger partial charge in [0.1, 0.15) is 12.4 Å². The summed E-state index contributed by atoms with van der Waals surface area (Å²) in [5.41, 5.74) is 2.08. The molecule has 0 aliphatic rings. The third-order valence-electron chi connectivity index (χ3n) is 2.54. The van der Waals surface area contributed by atoms with Crippen LogP contribution in [0.5, 0.6) is 5.75 Å². The van der Waals surface area contributed by atoms with Crippen LogP contribution < -0.4 is 10.1 Å². The Balaban J connectivity index is 1.92. The van der Waals surface area contributed by atoms with Crippen LogP contribution in [0.3, 0.4) is 0 Å². The van der Waals surface area contributed by atoms with Crippen molar-refractivity contribution < 1.29 is 9.26 Å². The lowest BCUT2D eigenvalue weighted by atomic mass is 10.2. The summed E-state index contributed by atoms with van der Waals surface area (Å²) in [6.07, 6.45) is 0. The van der Waals surface area contributed by atoms with Crippen LogP contribution in [-0.2, 0) is 13.2 Å². The van der Waals surface area contributed by atoms with Crippen molar-refractivity contribution in [2.75, 3.05) is 6.54 Å². The molecule has 0 spiro atoms. The molecule has 2 aromatic rings. The van der Waals surface area contributed by atoms with Crippen LogP contribution >= 0.6 is 0 Å². The van der Waals surface area contributed by atoms with Crippen molar-refractivity contribution in [1.29, 1.82) is 0 Å². The van der Waals surface area contributed by atoms with Crippen molar-refractivity contribution in [2.45, 2.75) is 27.0 Å². The Labute approximate surface area is 107 Å². The molecule has 1 heterocycles. The Morgan fingerprint density at radius 3 is 2.94 bits per heavy atom. The standard InChI is InChI=1S/C14H18N2O2/c1-3-15-9-12-5-4-6-13(8-12)17-10-14-7-11(2)16-18-14/h4-8,15H,3,9-10H2,1-2H3. The van der Waals surface area contributed by atoms with Crippen molar-refractivity contribution in [3.8, 4) is 5.75 Å². The summed E-state index contributed by atoms with van der Waals surface area (Å²) < 4.78 is 10.8. The normalized spacial score (nSPS) is 10.6. The Morgan fingerprint density at radius 1 is 1.33 bits per heavy atom. The number of nitrogens with zero attached hydrogens (tertiary/aromatic N) is 1. The molecule has 4 nitrogen and oxygen atoms in total. The molecule has 0 unspecified atom stereocenters. The van der Waals surface area contributed by atoms with Gasteiger partial charge < -0.3 is 14.6 Å². The van der Waals surface area contributed by atoms with E-state index in [0.29, 0.717) is 6.61 Å². The third kappa shape index (κ3) is 3.60. The second kappa shape index (κ2) is 6.21. The number of hydrogen-bond donors (Lipinski definition) is 1. The van der Waals surface area contributed by atoms with Gasteiger partial charge in [0.25, 0.3) is 0 Å². The molecule has 0 bridgehead atoms. The Morgan fingerprint density at radius 2 is 2.22 bits per heavy atom. The molecule has 0 saturated carbocycles. The van der Waals surface area contributed by atoms with Gasteiger partial charge in [-0.25, -0.2) is 0 Å². The molecule has 1 aromatic heterocycles. The molecule has 1 aromatic carbocycles. The van der Waals surface area contributed by atoms with E-state index in [1.54, 1.807) is 0 Å². The van der Waals surface area contributed by atoms with Gasteiger partial charge in [0.2, 0.25) is 0 Å². The highest BCUT2D eigenvalue weighted by Gasteiger charge is 2.02. The minimum atomic E-state index is 0.408. The molecule has 96 valence electrons. The lowest BCUT2D eigenvalue weighted by Crippen LogP contribution is -2.11. The van der Waals surface area contributed by atoms with Crippen LogP contribution in [0, 0.1) is 6.92 Å². The maximum atomic E-state index is 5.66. The summed E-state index contributed by atoms with van der Waals surface area (Å²) in [6.45, 7) is 6.21. The van der Waals surface area contributed by atoms with Crippen LogP contribution in [0.25, 0.3) is 0 Å². The molecule has 0 atom stereocenters. The first-order chi connectivity index (χ1) is 8.78. The van der Waals surface area contributed by atoms with Crippen LogP contribution in [0.2, 0.25) is 0 Å². The van der Waals surface area contributed by atoms with Crippen molar-refractivity contribution in [3.63, 3.8) is 0 Å². The molecular weight excluding hydrogens is 228 g/mol. The van der Waals surface area contributed by atoms with E-state index in [1.807, 2.05) is 31.2 Å². The second-order valence-electron chi connectivity index (χ2n) is 4.15. The molecule has 0 aliphatic heterocycles. The number of benzene rings is 1. The van der Waals surface area contributed by atoms with Crippen molar-refractivity contribution in [1.82, 2.24) is 10.5 Å². The van der Waals surface area contributed by atoms with Gasteiger partial charge in [-0.1, -0.05) is 24.2 Å². The fourth-order valence-electron chi connectivity index (χ4n) is 1.65. The zero-order chi connectivity index (χ0) is 12.8. The highest BCUT2D eigenvalue weighted by molar-refractivity contribution is 5.28. The molecule has 18 heavy (non-hydrogen) atoms. The Kier molecular flexibility index (Phi) is 4.36. The van der Waals surface area contributed by atoms with E-state index >= 15 is 0 Å². The number of rotatable bonds is 6. The SMILES string of the molecule is CCNCc1cccc(OCc2cc(C)no2)c1. The summed E-state index contributed by atoms with van der Waals surface area (Å²) >= 11 is 0. The maximum absolute atomic E-state index is 5.66. The molecule has 0 fully saturated rings. The summed E-state index contributed by atoms with van der Waals surface area (Å²) in [5.74, 6) is 1.59. The first-order valence-electron chi connectivity index (χ1n) is 6.12. The van der Waals surface area contributed by atoms with Crippen molar-refractivity contribution in [2.24, 2.45) is 0 Å². The first-order valence-corrected chi connectivity index (χ1v) is 6.12. The molecular formula is C14H18N2O2. The van der Waals surface area contributed by atoms with E-state index < -0.39 is 0 Å². The molecule has 0 aliphatic carbocycles. The van der Waals surface area contributed by atoms with Gasteiger partial charge in [-0.3, -0.25) is 0 Å². The lowest BCUT2D eigenvalue weighted by molar-refractivity contribution is 0.248. The first kappa shape index (κ1) is 12.6. The van der Waals surface area contributed by atoms with E-state index in [0.717, 1.165) is 30.3 Å². The van der Waals surface area contributed by atoms with Gasteiger partial charge in [-0.15, -0.1) is 0 Å². The number of ether oxygens (including phenoxy) is 1. The summed E-state index contributed by atoms with van der Waals surface area (Å²) in [6, 6.07) is 9.93. The number of nitrogens with one attached hydrogen (secondary N) is 1. The quantitative estimate of drug-likeness (QED) is 0.851. The minimum Gasteiger partial charge on any atom is -0.486 e. The Hall–Kier alpha value is -1.81. The fourth-order valence-corrected chi connectivity index (χ4v) is 1.65. The predicted octanol–water partition coefficient (Wildman–Crippen LogP) is 2.67. The molecule has 0 radical (unpaired) electrons. The van der Waals surface area contributed by atoms with Gasteiger partial charge in [-0.2, -0.15) is 0 Å². The number of hydrogen-bond acceptors (Lipinski definition) is 4. The molecule has 0 saturated heterocycles. The summed E-state index contributed by atoms with van der Waals surface area (Å²) in [4.78, 5) is 0. The molecule has 4 heteroatoms. The zero-order valence-corrected chi connectivity index (χ0v) is 10.8. The average Bonchev–Trinajstić information content (AvgIpc) is 2.80. The predicted molar refractivity (Wildman–Crippen MR) is 69.4 cm³/mol. The van der Waals surface area contributed by atoms with Gasteiger partial charge in [0, 0.05) is 12.6 Å². The van der Waals surface area contributed by atoms with E-state index in [9.17, 15) is 0 Å². The van der Waals surface area contributed by atoms with Crippen molar-refractivity contribution >= 4 is 0 Å². The van der Waals surface area contributed by atoms with E-state index in [-0.39, 0.29) is 0 Å². The van der Waals surface area contributed by atoms with Gasteiger partial charge >= 0.3 is 0 Å². The monoisotopic (exact) mass is 246 g/mol. The second-order valence-corrected chi connectivity index (χ2v) is 4.15. The van der Waals surface area contributed by atoms with Crippen LogP contribution in [0.15, 0.2) is 34.9 Å². The third-order valence-corrected chi connectivity index (χ3v) is 2.54. The van der Waals surface area contributed by atoms with E-state index in [2.05, 4.69) is 23.5 Å². The maximum Gasteiger partial charge on any atom is 0.174 e.